The third kappa shape index (κ3) is 3.37. The quantitative estimate of drug-likeness (QED) is 0.502. The summed E-state index contributed by atoms with van der Waals surface area (Å²) in [5, 5.41) is 8.11. The molecule has 2 aromatic rings. The van der Waals surface area contributed by atoms with E-state index in [1.165, 1.54) is 0 Å². The van der Waals surface area contributed by atoms with Crippen molar-refractivity contribution in [2.24, 2.45) is 9.98 Å². The van der Waals surface area contributed by atoms with Crippen LogP contribution in [0.3, 0.4) is 0 Å². The molecule has 0 N–H and O–H groups in total. The van der Waals surface area contributed by atoms with Gasteiger partial charge in [0.2, 0.25) is 11.9 Å². The van der Waals surface area contributed by atoms with Crippen molar-refractivity contribution < 1.29 is 9.59 Å². The van der Waals surface area contributed by atoms with Gasteiger partial charge in [0.25, 0.3) is 11.8 Å². The van der Waals surface area contributed by atoms with Crippen molar-refractivity contribution in [2.75, 3.05) is 26.2 Å². The molecule has 6 heterocycles. The number of amides is 2. The van der Waals surface area contributed by atoms with Crippen LogP contribution >= 0.6 is 0 Å². The number of rotatable bonds is 5. The van der Waals surface area contributed by atoms with Crippen LogP contribution in [-0.2, 0) is 35.8 Å². The van der Waals surface area contributed by atoms with Crippen LogP contribution in [0.5, 0.6) is 0 Å². The number of aliphatic imine (C=N–C) groups is 2. The van der Waals surface area contributed by atoms with Crippen molar-refractivity contribution in [3.05, 3.63) is 120 Å². The van der Waals surface area contributed by atoms with E-state index in [9.17, 15) is 0 Å². The van der Waals surface area contributed by atoms with Gasteiger partial charge in [0.15, 0.2) is 11.1 Å². The lowest BCUT2D eigenvalue weighted by atomic mass is 9.72. The van der Waals surface area contributed by atoms with Gasteiger partial charge in [-0.05, 0) is 34.4 Å². The summed E-state index contributed by atoms with van der Waals surface area (Å²) in [6.07, 6.45) is 11.5. The molecule has 2 aromatic carbocycles. The van der Waals surface area contributed by atoms with Gasteiger partial charge in [-0.1, -0.05) is 72.8 Å². The average molecular weight is 587 g/mol. The van der Waals surface area contributed by atoms with Crippen LogP contribution in [0.15, 0.2) is 108 Å². The van der Waals surface area contributed by atoms with Crippen LogP contribution in [0, 0.1) is 0 Å². The van der Waals surface area contributed by atoms with E-state index < -0.39 is 11.1 Å². The highest BCUT2D eigenvalue weighted by atomic mass is 16.2. The molecule has 0 spiro atoms. The summed E-state index contributed by atoms with van der Waals surface area (Å²) in [5.41, 5.74) is 1.32. The molecule has 2 atom stereocenters. The van der Waals surface area contributed by atoms with Crippen molar-refractivity contribution in [1.29, 1.82) is 0 Å². The fraction of sp³-hybridized carbons (Fsp3) is 0.294. The van der Waals surface area contributed by atoms with E-state index in [0.717, 1.165) is 22.3 Å². The summed E-state index contributed by atoms with van der Waals surface area (Å²) in [4.78, 5) is 44.3. The zero-order valence-corrected chi connectivity index (χ0v) is 24.5. The van der Waals surface area contributed by atoms with Crippen LogP contribution < -0.4 is 0 Å². The second-order valence-electron chi connectivity index (χ2n) is 11.8. The molecule has 0 aromatic heterocycles. The minimum atomic E-state index is -1.47. The highest BCUT2D eigenvalue weighted by Crippen LogP contribution is 2.52. The van der Waals surface area contributed by atoms with Crippen LogP contribution in [0.25, 0.3) is 0 Å². The zero-order valence-electron chi connectivity index (χ0n) is 24.5. The summed E-state index contributed by atoms with van der Waals surface area (Å²) < 4.78 is 0. The van der Waals surface area contributed by atoms with Crippen LogP contribution in [0.2, 0.25) is 0 Å². The number of hydrogen-bond donors (Lipinski definition) is 0. The molecule has 2 unspecified atom stereocenters. The first-order chi connectivity index (χ1) is 21.5. The number of nitrogens with zero attached hydrogens (tertiary/aromatic N) is 8. The van der Waals surface area contributed by atoms with Gasteiger partial charge in [0.1, 0.15) is 0 Å². The van der Waals surface area contributed by atoms with Crippen LogP contribution in [0.1, 0.15) is 22.3 Å². The van der Waals surface area contributed by atoms with E-state index in [1.807, 2.05) is 70.7 Å². The van der Waals surface area contributed by atoms with Crippen molar-refractivity contribution in [3.8, 4) is 0 Å². The summed E-state index contributed by atoms with van der Waals surface area (Å²) in [7, 11) is 0. The summed E-state index contributed by atoms with van der Waals surface area (Å²) in [6, 6.07) is 16.2. The Morgan fingerprint density at radius 3 is 1.48 bits per heavy atom. The van der Waals surface area contributed by atoms with E-state index >= 15 is 9.59 Å². The molecule has 6 aliphatic heterocycles. The second kappa shape index (κ2) is 9.87. The van der Waals surface area contributed by atoms with Crippen molar-refractivity contribution in [2.45, 2.75) is 37.3 Å². The number of carbonyl (C=O) groups excluding carboxylic acids is 2. The fourth-order valence-corrected chi connectivity index (χ4v) is 7.64. The van der Waals surface area contributed by atoms with E-state index in [2.05, 4.69) is 47.4 Å². The molecule has 222 valence electrons. The van der Waals surface area contributed by atoms with E-state index in [4.69, 9.17) is 9.98 Å². The van der Waals surface area contributed by atoms with Crippen molar-refractivity contribution in [1.82, 2.24) is 29.8 Å². The lowest BCUT2D eigenvalue weighted by Crippen LogP contribution is -2.78. The lowest BCUT2D eigenvalue weighted by molar-refractivity contribution is -0.162. The van der Waals surface area contributed by atoms with E-state index in [1.54, 1.807) is 9.80 Å². The monoisotopic (exact) mass is 586 g/mol. The zero-order chi connectivity index (χ0) is 30.1. The number of hydrogen-bond acceptors (Lipinski definition) is 8. The molecule has 2 fully saturated rings. The molecule has 10 heteroatoms. The van der Waals surface area contributed by atoms with Gasteiger partial charge < -0.3 is 0 Å². The summed E-state index contributed by atoms with van der Waals surface area (Å²) in [5.74, 6) is 0.700. The molecule has 2 amide bonds. The minimum absolute atomic E-state index is 0.194. The second-order valence-corrected chi connectivity index (χ2v) is 11.8. The van der Waals surface area contributed by atoms with Gasteiger partial charge in [-0.2, -0.15) is 0 Å². The number of hydrazine groups is 2. The molecule has 6 aliphatic rings. The maximum absolute atomic E-state index is 15.3. The summed E-state index contributed by atoms with van der Waals surface area (Å²) >= 11 is 0. The topological polar surface area (TPSA) is 78.3 Å². The van der Waals surface area contributed by atoms with Gasteiger partial charge in [-0.3, -0.25) is 29.4 Å². The van der Waals surface area contributed by atoms with Gasteiger partial charge in [0, 0.05) is 26.2 Å². The Hall–Kier alpha value is -4.80. The Labute approximate surface area is 256 Å². The highest BCUT2D eigenvalue weighted by Gasteiger charge is 2.77. The molecule has 8 rings (SSSR count). The predicted molar refractivity (Wildman–Crippen MR) is 167 cm³/mol. The standard InChI is InChI=1S/C34H34N8O2/c1-3-17-37-19-9-15-33(29(43)39-23-27-13-7-5-11-25(27)21-35-31(39)41(33)37)34-16-10-20-38(18-4-2)42(34)32-36-22-26-12-6-8-14-28(26)24-40(32)30(34)44/h3-16H,1-2,17-24H2. The number of benzene rings is 2. The third-order valence-corrected chi connectivity index (χ3v) is 9.52. The molecular formula is C34H34N8O2. The normalized spacial score (nSPS) is 27.4. The van der Waals surface area contributed by atoms with Crippen LogP contribution in [0.4, 0.5) is 0 Å². The molecule has 0 saturated carbocycles. The number of carbonyl (C=O) groups is 2. The van der Waals surface area contributed by atoms with E-state index in [0.29, 0.717) is 64.3 Å². The van der Waals surface area contributed by atoms with Crippen LogP contribution in [-0.4, -0.2) is 90.8 Å². The van der Waals surface area contributed by atoms with E-state index in [-0.39, 0.29) is 11.8 Å². The van der Waals surface area contributed by atoms with Crippen molar-refractivity contribution in [3.63, 3.8) is 0 Å². The number of guanidine groups is 2. The highest BCUT2D eigenvalue weighted by molar-refractivity contribution is 6.20. The molecule has 0 aliphatic carbocycles. The Morgan fingerprint density at radius 1 is 0.659 bits per heavy atom. The van der Waals surface area contributed by atoms with Gasteiger partial charge in [-0.25, -0.2) is 20.0 Å². The number of fused-ring (bicyclic) bond motifs is 9. The smallest absolute Gasteiger partial charge is 0.264 e. The molecule has 0 bridgehead atoms. The largest absolute Gasteiger partial charge is 0.275 e. The average Bonchev–Trinajstić information content (AvgIpc) is 3.24. The lowest BCUT2D eigenvalue weighted by Gasteiger charge is -2.55. The van der Waals surface area contributed by atoms with Gasteiger partial charge in [-0.15, -0.1) is 13.2 Å². The Kier molecular flexibility index (Phi) is 6.01. The van der Waals surface area contributed by atoms with Gasteiger partial charge in [0.05, 0.1) is 26.2 Å². The SMILES string of the molecule is C=CCN1CC=CC2(C34C=CCN(CC=C)N3C3=NCc5ccccc5CN3C4=O)C(=O)N3Cc4ccccc4CN=C3N12. The first-order valence-corrected chi connectivity index (χ1v) is 15.1. The Morgan fingerprint density at radius 2 is 1.07 bits per heavy atom. The molecular weight excluding hydrogens is 552 g/mol. The molecule has 44 heavy (non-hydrogen) atoms. The third-order valence-electron chi connectivity index (χ3n) is 9.52. The Bertz CT molecular complexity index is 1600. The maximum Gasteiger partial charge on any atom is 0.264 e. The first kappa shape index (κ1) is 26.8. The molecule has 2 saturated heterocycles. The molecule has 10 nitrogen and oxygen atoms in total. The first-order valence-electron chi connectivity index (χ1n) is 15.1. The minimum Gasteiger partial charge on any atom is -0.275 e. The molecule has 0 radical (unpaired) electrons. The maximum atomic E-state index is 15.3. The Balaban J connectivity index is 1.37. The van der Waals surface area contributed by atoms with Gasteiger partial charge >= 0.3 is 0 Å². The predicted octanol–water partition coefficient (Wildman–Crippen LogP) is 2.84. The summed E-state index contributed by atoms with van der Waals surface area (Å²) in [6.45, 7) is 11.7. The fourth-order valence-electron chi connectivity index (χ4n) is 7.64. The van der Waals surface area contributed by atoms with Crippen molar-refractivity contribution >= 4 is 23.7 Å².